The molecule has 0 radical (unpaired) electrons. The standard InChI is InChI=1S/C21H26ClN3O2/c1-14-9-10-17(11-15(14)2)16(3)23-20(26)12-25(4)13-21(27)24-19-8-6-5-7-18(19)22/h5-11,16H,12-13H2,1-4H3,(H,23,26)(H,24,27)/t16-/m1/s1. The topological polar surface area (TPSA) is 61.4 Å². The molecule has 0 aliphatic rings. The summed E-state index contributed by atoms with van der Waals surface area (Å²) in [5, 5.41) is 6.20. The zero-order chi connectivity index (χ0) is 20.0. The Hall–Kier alpha value is -2.37. The van der Waals surface area contributed by atoms with Gasteiger partial charge in [-0.25, -0.2) is 0 Å². The van der Waals surface area contributed by atoms with Gasteiger partial charge in [0.1, 0.15) is 0 Å². The molecular weight excluding hydrogens is 362 g/mol. The zero-order valence-electron chi connectivity index (χ0n) is 16.2. The van der Waals surface area contributed by atoms with Gasteiger partial charge in [-0.05, 0) is 56.6 Å². The highest BCUT2D eigenvalue weighted by Gasteiger charge is 2.14. The maximum Gasteiger partial charge on any atom is 0.238 e. The van der Waals surface area contributed by atoms with Crippen molar-refractivity contribution in [2.45, 2.75) is 26.8 Å². The van der Waals surface area contributed by atoms with Crippen LogP contribution in [0, 0.1) is 13.8 Å². The number of anilines is 1. The van der Waals surface area contributed by atoms with Gasteiger partial charge in [-0.3, -0.25) is 14.5 Å². The van der Waals surface area contributed by atoms with Gasteiger partial charge in [0, 0.05) is 0 Å². The van der Waals surface area contributed by atoms with E-state index in [2.05, 4.69) is 36.6 Å². The summed E-state index contributed by atoms with van der Waals surface area (Å²) in [5.41, 5.74) is 4.04. The third-order valence-corrected chi connectivity index (χ3v) is 4.71. The van der Waals surface area contributed by atoms with Gasteiger partial charge in [-0.15, -0.1) is 0 Å². The van der Waals surface area contributed by atoms with E-state index in [0.717, 1.165) is 5.56 Å². The number of benzene rings is 2. The second kappa shape index (κ2) is 9.53. The van der Waals surface area contributed by atoms with Crippen molar-refractivity contribution in [2.75, 3.05) is 25.5 Å². The molecule has 2 amide bonds. The second-order valence-electron chi connectivity index (χ2n) is 6.83. The summed E-state index contributed by atoms with van der Waals surface area (Å²) >= 11 is 6.03. The fourth-order valence-electron chi connectivity index (χ4n) is 2.70. The number of hydrogen-bond donors (Lipinski definition) is 2. The van der Waals surface area contributed by atoms with Gasteiger partial charge in [-0.1, -0.05) is 41.9 Å². The molecule has 144 valence electrons. The number of nitrogens with zero attached hydrogens (tertiary/aromatic N) is 1. The Morgan fingerprint density at radius 3 is 2.37 bits per heavy atom. The van der Waals surface area contributed by atoms with Crippen LogP contribution < -0.4 is 10.6 Å². The zero-order valence-corrected chi connectivity index (χ0v) is 16.9. The molecule has 6 heteroatoms. The molecule has 0 fully saturated rings. The quantitative estimate of drug-likeness (QED) is 0.761. The Balaban J connectivity index is 1.83. The Kier molecular flexibility index (Phi) is 7.39. The van der Waals surface area contributed by atoms with Crippen molar-refractivity contribution in [1.82, 2.24) is 10.2 Å². The van der Waals surface area contributed by atoms with E-state index in [4.69, 9.17) is 11.6 Å². The van der Waals surface area contributed by atoms with Gasteiger partial charge in [0.25, 0.3) is 0 Å². The molecule has 0 saturated carbocycles. The van der Waals surface area contributed by atoms with Gasteiger partial charge in [0.05, 0.1) is 29.8 Å². The van der Waals surface area contributed by atoms with E-state index in [1.165, 1.54) is 11.1 Å². The summed E-state index contributed by atoms with van der Waals surface area (Å²) in [6, 6.07) is 13.1. The predicted molar refractivity (Wildman–Crippen MR) is 110 cm³/mol. The molecule has 2 aromatic carbocycles. The van der Waals surface area contributed by atoms with Crippen molar-refractivity contribution in [3.05, 3.63) is 64.2 Å². The lowest BCUT2D eigenvalue weighted by molar-refractivity contribution is -0.123. The van der Waals surface area contributed by atoms with E-state index in [9.17, 15) is 9.59 Å². The molecule has 1 atom stereocenters. The minimum absolute atomic E-state index is 0.0939. The number of aryl methyl sites for hydroxylation is 2. The van der Waals surface area contributed by atoms with Crippen LogP contribution >= 0.6 is 11.6 Å². The first-order chi connectivity index (χ1) is 12.8. The minimum Gasteiger partial charge on any atom is -0.348 e. The van der Waals surface area contributed by atoms with Gasteiger partial charge in [0.2, 0.25) is 11.8 Å². The molecule has 0 spiro atoms. The molecule has 0 aliphatic carbocycles. The molecule has 2 aromatic rings. The maximum atomic E-state index is 12.3. The molecule has 0 aliphatic heterocycles. The van der Waals surface area contributed by atoms with Gasteiger partial charge < -0.3 is 10.6 Å². The first kappa shape index (κ1) is 20.9. The first-order valence-corrected chi connectivity index (χ1v) is 9.23. The summed E-state index contributed by atoms with van der Waals surface area (Å²) in [5.74, 6) is -0.352. The highest BCUT2D eigenvalue weighted by molar-refractivity contribution is 6.33. The minimum atomic E-state index is -0.222. The molecular formula is C21H26ClN3O2. The van der Waals surface area contributed by atoms with E-state index in [1.54, 1.807) is 36.2 Å². The van der Waals surface area contributed by atoms with E-state index in [1.807, 2.05) is 13.0 Å². The monoisotopic (exact) mass is 387 g/mol. The lowest BCUT2D eigenvalue weighted by atomic mass is 10.0. The van der Waals surface area contributed by atoms with Crippen LogP contribution in [0.15, 0.2) is 42.5 Å². The normalized spacial score (nSPS) is 11.9. The van der Waals surface area contributed by atoms with Crippen LogP contribution in [-0.2, 0) is 9.59 Å². The number of carbonyl (C=O) groups excluding carboxylic acids is 2. The van der Waals surface area contributed by atoms with Crippen LogP contribution in [-0.4, -0.2) is 36.9 Å². The molecule has 5 nitrogen and oxygen atoms in total. The van der Waals surface area contributed by atoms with Crippen LogP contribution in [0.3, 0.4) is 0 Å². The van der Waals surface area contributed by atoms with Crippen molar-refractivity contribution in [2.24, 2.45) is 0 Å². The molecule has 0 heterocycles. The Morgan fingerprint density at radius 2 is 1.70 bits per heavy atom. The summed E-state index contributed by atoms with van der Waals surface area (Å²) in [4.78, 5) is 26.1. The second-order valence-corrected chi connectivity index (χ2v) is 7.24. The van der Waals surface area contributed by atoms with Gasteiger partial charge in [0.15, 0.2) is 0 Å². The fraction of sp³-hybridized carbons (Fsp3) is 0.333. The van der Waals surface area contributed by atoms with Crippen molar-refractivity contribution < 1.29 is 9.59 Å². The molecule has 0 aromatic heterocycles. The summed E-state index contributed by atoms with van der Waals surface area (Å²) in [6.45, 7) is 6.29. The number of hydrogen-bond acceptors (Lipinski definition) is 3. The molecule has 2 N–H and O–H groups in total. The third-order valence-electron chi connectivity index (χ3n) is 4.38. The SMILES string of the molecule is Cc1ccc([C@@H](C)NC(=O)CN(C)CC(=O)Nc2ccccc2Cl)cc1C. The lowest BCUT2D eigenvalue weighted by Crippen LogP contribution is -2.39. The summed E-state index contributed by atoms with van der Waals surface area (Å²) in [7, 11) is 1.73. The highest BCUT2D eigenvalue weighted by atomic mass is 35.5. The van der Waals surface area contributed by atoms with E-state index < -0.39 is 0 Å². The van der Waals surface area contributed by atoms with Crippen molar-refractivity contribution >= 4 is 29.1 Å². The summed E-state index contributed by atoms with van der Waals surface area (Å²) < 4.78 is 0. The number of likely N-dealkylation sites (N-methyl/N-ethyl adjacent to an activating group) is 1. The predicted octanol–water partition coefficient (Wildman–Crippen LogP) is 3.70. The molecule has 0 saturated heterocycles. The number of para-hydroxylation sites is 1. The number of halogens is 1. The van der Waals surface area contributed by atoms with E-state index in [-0.39, 0.29) is 30.9 Å². The number of rotatable bonds is 7. The lowest BCUT2D eigenvalue weighted by Gasteiger charge is -2.19. The van der Waals surface area contributed by atoms with Crippen molar-refractivity contribution in [3.8, 4) is 0 Å². The Labute approximate surface area is 165 Å². The number of carbonyl (C=O) groups is 2. The van der Waals surface area contributed by atoms with E-state index >= 15 is 0 Å². The van der Waals surface area contributed by atoms with Crippen molar-refractivity contribution in [3.63, 3.8) is 0 Å². The Bertz CT molecular complexity index is 823. The van der Waals surface area contributed by atoms with Gasteiger partial charge >= 0.3 is 0 Å². The van der Waals surface area contributed by atoms with Crippen LogP contribution in [0.5, 0.6) is 0 Å². The number of nitrogens with one attached hydrogen (secondary N) is 2. The van der Waals surface area contributed by atoms with Crippen LogP contribution in [0.25, 0.3) is 0 Å². The summed E-state index contributed by atoms with van der Waals surface area (Å²) in [6.07, 6.45) is 0. The Morgan fingerprint density at radius 1 is 1.04 bits per heavy atom. The number of amides is 2. The fourth-order valence-corrected chi connectivity index (χ4v) is 2.89. The van der Waals surface area contributed by atoms with E-state index in [0.29, 0.717) is 10.7 Å². The molecule has 2 rings (SSSR count). The van der Waals surface area contributed by atoms with Crippen LogP contribution in [0.1, 0.15) is 29.7 Å². The highest BCUT2D eigenvalue weighted by Crippen LogP contribution is 2.20. The smallest absolute Gasteiger partial charge is 0.238 e. The first-order valence-electron chi connectivity index (χ1n) is 8.85. The molecule has 27 heavy (non-hydrogen) atoms. The largest absolute Gasteiger partial charge is 0.348 e. The van der Waals surface area contributed by atoms with Gasteiger partial charge in [-0.2, -0.15) is 0 Å². The maximum absolute atomic E-state index is 12.3. The van der Waals surface area contributed by atoms with Crippen LogP contribution in [0.4, 0.5) is 5.69 Å². The van der Waals surface area contributed by atoms with Crippen LogP contribution in [0.2, 0.25) is 5.02 Å². The molecule has 0 unspecified atom stereocenters. The van der Waals surface area contributed by atoms with Crippen molar-refractivity contribution in [1.29, 1.82) is 0 Å². The molecule has 0 bridgehead atoms. The third kappa shape index (κ3) is 6.38. The average molecular weight is 388 g/mol. The average Bonchev–Trinajstić information content (AvgIpc) is 2.58.